The average molecular weight is 151 g/mol. The summed E-state index contributed by atoms with van der Waals surface area (Å²) < 4.78 is 0. The monoisotopic (exact) mass is 151 g/mol. The smallest absolute Gasteiger partial charge is 0.304 e. The standard InChI is InChI=1S/C6H6BNO3/c9-7-5-1-3-6(4-2-5)8(10)11/h1-4,7,9H. The molecule has 0 aliphatic rings. The van der Waals surface area contributed by atoms with Crippen molar-refractivity contribution < 1.29 is 9.95 Å². The Morgan fingerprint density at radius 2 is 1.91 bits per heavy atom. The molecule has 1 aromatic rings. The summed E-state index contributed by atoms with van der Waals surface area (Å²) in [5, 5.41) is 18.7. The quantitative estimate of drug-likeness (QED) is 0.354. The van der Waals surface area contributed by atoms with Gasteiger partial charge in [0.2, 0.25) is 0 Å². The average Bonchev–Trinajstić information content (AvgIpc) is 2.05. The van der Waals surface area contributed by atoms with Crippen molar-refractivity contribution in [2.24, 2.45) is 0 Å². The molecular formula is C6H6BNO3. The summed E-state index contributed by atoms with van der Waals surface area (Å²) in [7, 11) is -0.0853. The van der Waals surface area contributed by atoms with E-state index in [2.05, 4.69) is 0 Å². The first-order valence-electron chi connectivity index (χ1n) is 3.08. The Morgan fingerprint density at radius 3 is 2.27 bits per heavy atom. The number of nitrogens with zero attached hydrogens (tertiary/aromatic N) is 1. The van der Waals surface area contributed by atoms with Crippen LogP contribution in [0.2, 0.25) is 0 Å². The Hall–Kier alpha value is -1.36. The number of rotatable bonds is 2. The van der Waals surface area contributed by atoms with E-state index in [0.29, 0.717) is 5.46 Å². The van der Waals surface area contributed by atoms with Gasteiger partial charge in [-0.25, -0.2) is 0 Å². The Morgan fingerprint density at radius 1 is 1.36 bits per heavy atom. The first-order chi connectivity index (χ1) is 5.24. The molecule has 1 N–H and O–H groups in total. The van der Waals surface area contributed by atoms with Gasteiger partial charge < -0.3 is 5.02 Å². The summed E-state index contributed by atoms with van der Waals surface area (Å²) in [5.74, 6) is 0. The molecule has 56 valence electrons. The largest absolute Gasteiger partial charge is 0.449 e. The fourth-order valence-corrected chi connectivity index (χ4v) is 0.723. The Balaban J connectivity index is 2.91. The molecule has 4 nitrogen and oxygen atoms in total. The minimum atomic E-state index is -0.471. The topological polar surface area (TPSA) is 63.4 Å². The van der Waals surface area contributed by atoms with Crippen molar-refractivity contribution in [2.45, 2.75) is 0 Å². The summed E-state index contributed by atoms with van der Waals surface area (Å²) >= 11 is 0. The van der Waals surface area contributed by atoms with Gasteiger partial charge in [0, 0.05) is 12.1 Å². The lowest BCUT2D eigenvalue weighted by Gasteiger charge is -1.92. The number of nitro benzene ring substituents is 1. The highest BCUT2D eigenvalue weighted by atomic mass is 16.6. The summed E-state index contributed by atoms with van der Waals surface area (Å²) in [6.45, 7) is 0. The molecule has 0 saturated carbocycles. The minimum Gasteiger partial charge on any atom is -0.449 e. The molecule has 0 spiro atoms. The summed E-state index contributed by atoms with van der Waals surface area (Å²) in [4.78, 5) is 9.67. The van der Waals surface area contributed by atoms with Gasteiger partial charge in [-0.05, 0) is 0 Å². The third-order valence-electron chi connectivity index (χ3n) is 1.33. The fourth-order valence-electron chi connectivity index (χ4n) is 0.723. The zero-order valence-electron chi connectivity index (χ0n) is 5.73. The highest BCUT2D eigenvalue weighted by molar-refractivity contribution is 6.45. The normalized spacial score (nSPS) is 9.18. The molecule has 0 heterocycles. The highest BCUT2D eigenvalue weighted by Gasteiger charge is 2.02. The zero-order valence-corrected chi connectivity index (χ0v) is 5.73. The van der Waals surface area contributed by atoms with Crippen molar-refractivity contribution in [1.29, 1.82) is 0 Å². The van der Waals surface area contributed by atoms with E-state index in [-0.39, 0.29) is 13.2 Å². The lowest BCUT2D eigenvalue weighted by atomic mass is 9.89. The number of hydrogen-bond acceptors (Lipinski definition) is 3. The van der Waals surface area contributed by atoms with Crippen LogP contribution in [0.25, 0.3) is 0 Å². The van der Waals surface area contributed by atoms with E-state index in [1.807, 2.05) is 0 Å². The van der Waals surface area contributed by atoms with Crippen LogP contribution in [0.3, 0.4) is 0 Å². The fraction of sp³-hybridized carbons (Fsp3) is 0. The van der Waals surface area contributed by atoms with Crippen molar-refractivity contribution in [1.82, 2.24) is 0 Å². The number of nitro groups is 1. The van der Waals surface area contributed by atoms with Gasteiger partial charge in [0.05, 0.1) is 4.92 Å². The van der Waals surface area contributed by atoms with E-state index < -0.39 is 4.92 Å². The van der Waals surface area contributed by atoms with E-state index in [1.54, 1.807) is 0 Å². The van der Waals surface area contributed by atoms with Crippen LogP contribution in [-0.4, -0.2) is 17.4 Å². The summed E-state index contributed by atoms with van der Waals surface area (Å²) in [6.07, 6.45) is 0. The molecule has 0 fully saturated rings. The second kappa shape index (κ2) is 3.16. The van der Waals surface area contributed by atoms with Crippen LogP contribution in [0.4, 0.5) is 5.69 Å². The Bertz CT molecular complexity index is 259. The van der Waals surface area contributed by atoms with Gasteiger partial charge in [-0.1, -0.05) is 17.6 Å². The van der Waals surface area contributed by atoms with E-state index in [0.717, 1.165) is 0 Å². The van der Waals surface area contributed by atoms with Crippen LogP contribution in [0.15, 0.2) is 24.3 Å². The number of non-ortho nitro benzene ring substituents is 1. The molecule has 0 saturated heterocycles. The molecule has 0 bridgehead atoms. The van der Waals surface area contributed by atoms with Crippen LogP contribution >= 0.6 is 0 Å². The molecule has 0 atom stereocenters. The molecule has 0 aliphatic heterocycles. The van der Waals surface area contributed by atoms with Crippen molar-refractivity contribution in [3.05, 3.63) is 34.4 Å². The molecule has 5 heteroatoms. The summed E-state index contributed by atoms with van der Waals surface area (Å²) in [5.41, 5.74) is 0.720. The van der Waals surface area contributed by atoms with Gasteiger partial charge in [-0.15, -0.1) is 0 Å². The molecule has 1 aromatic carbocycles. The molecule has 0 unspecified atom stereocenters. The first kappa shape index (κ1) is 7.75. The van der Waals surface area contributed by atoms with Gasteiger partial charge in [0.1, 0.15) is 0 Å². The van der Waals surface area contributed by atoms with E-state index in [9.17, 15) is 10.1 Å². The van der Waals surface area contributed by atoms with Crippen LogP contribution in [0, 0.1) is 10.1 Å². The lowest BCUT2D eigenvalue weighted by Crippen LogP contribution is -2.12. The minimum absolute atomic E-state index is 0.0437. The van der Waals surface area contributed by atoms with Gasteiger partial charge in [0.25, 0.3) is 5.69 Å². The zero-order chi connectivity index (χ0) is 8.27. The SMILES string of the molecule is O=[N+]([O-])c1ccc(BO)cc1. The van der Waals surface area contributed by atoms with Crippen molar-refractivity contribution >= 4 is 18.6 Å². The van der Waals surface area contributed by atoms with Gasteiger partial charge in [0.15, 0.2) is 0 Å². The number of hydrogen-bond donors (Lipinski definition) is 1. The van der Waals surface area contributed by atoms with E-state index >= 15 is 0 Å². The molecule has 1 rings (SSSR count). The second-order valence-electron chi connectivity index (χ2n) is 2.08. The molecule has 0 amide bonds. The van der Waals surface area contributed by atoms with Crippen LogP contribution in [-0.2, 0) is 0 Å². The maximum Gasteiger partial charge on any atom is 0.304 e. The molecule has 11 heavy (non-hydrogen) atoms. The maximum atomic E-state index is 10.1. The van der Waals surface area contributed by atoms with Crippen LogP contribution in [0.5, 0.6) is 0 Å². The van der Waals surface area contributed by atoms with Crippen LogP contribution in [0.1, 0.15) is 0 Å². The predicted molar refractivity (Wildman–Crippen MR) is 42.1 cm³/mol. The van der Waals surface area contributed by atoms with Gasteiger partial charge >= 0.3 is 7.48 Å². The predicted octanol–water partition coefficient (Wildman–Crippen LogP) is -0.436. The van der Waals surface area contributed by atoms with E-state index in [4.69, 9.17) is 5.02 Å². The lowest BCUT2D eigenvalue weighted by molar-refractivity contribution is -0.384. The van der Waals surface area contributed by atoms with Gasteiger partial charge in [-0.2, -0.15) is 0 Å². The Labute approximate surface area is 63.9 Å². The van der Waals surface area contributed by atoms with Crippen LogP contribution < -0.4 is 5.46 Å². The van der Waals surface area contributed by atoms with E-state index in [1.165, 1.54) is 24.3 Å². The maximum absolute atomic E-state index is 10.1. The number of benzene rings is 1. The van der Waals surface area contributed by atoms with Crippen molar-refractivity contribution in [2.75, 3.05) is 0 Å². The molecule has 0 aromatic heterocycles. The van der Waals surface area contributed by atoms with Crippen molar-refractivity contribution in [3.8, 4) is 0 Å². The molecule has 0 radical (unpaired) electrons. The Kier molecular flexibility index (Phi) is 2.23. The van der Waals surface area contributed by atoms with Crippen molar-refractivity contribution in [3.63, 3.8) is 0 Å². The second-order valence-corrected chi connectivity index (χ2v) is 2.08. The molecule has 0 aliphatic carbocycles. The van der Waals surface area contributed by atoms with Gasteiger partial charge in [-0.3, -0.25) is 10.1 Å². The first-order valence-corrected chi connectivity index (χ1v) is 3.08. The third-order valence-corrected chi connectivity index (χ3v) is 1.33. The summed E-state index contributed by atoms with van der Waals surface area (Å²) in [6, 6.07) is 5.79. The highest BCUT2D eigenvalue weighted by Crippen LogP contribution is 2.05. The third kappa shape index (κ3) is 1.78. The molecular weight excluding hydrogens is 145 g/mol.